The Morgan fingerprint density at radius 1 is 1.15 bits per heavy atom. The van der Waals surface area contributed by atoms with E-state index >= 15 is 0 Å². The quantitative estimate of drug-likeness (QED) is 0.814. The summed E-state index contributed by atoms with van der Waals surface area (Å²) in [6.07, 6.45) is 11.7. The molecule has 4 rings (SSSR count). The van der Waals surface area contributed by atoms with E-state index < -0.39 is 0 Å². The summed E-state index contributed by atoms with van der Waals surface area (Å²) >= 11 is 2.04. The van der Waals surface area contributed by atoms with Crippen LogP contribution >= 0.6 is 11.8 Å². The molecule has 0 saturated heterocycles. The number of rotatable bonds is 2. The Hall–Kier alpha value is -1.22. The number of aromatic nitrogens is 2. The SMILES string of the molecule is CSC1CCC(C2c3ccccc3-c3cncn32)CC1. The van der Waals surface area contributed by atoms with E-state index in [-0.39, 0.29) is 0 Å². The highest BCUT2D eigenvalue weighted by Gasteiger charge is 2.35. The Morgan fingerprint density at radius 2 is 1.95 bits per heavy atom. The zero-order valence-corrected chi connectivity index (χ0v) is 12.6. The first-order valence-corrected chi connectivity index (χ1v) is 8.81. The average Bonchev–Trinajstić information content (AvgIpc) is 3.08. The molecule has 2 aliphatic rings. The Labute approximate surface area is 124 Å². The largest absolute Gasteiger partial charge is 0.323 e. The first-order chi connectivity index (χ1) is 9.88. The van der Waals surface area contributed by atoms with Gasteiger partial charge in [0.25, 0.3) is 0 Å². The van der Waals surface area contributed by atoms with Crippen LogP contribution in [0.4, 0.5) is 0 Å². The van der Waals surface area contributed by atoms with Gasteiger partial charge >= 0.3 is 0 Å². The van der Waals surface area contributed by atoms with Gasteiger partial charge in [0, 0.05) is 10.8 Å². The molecule has 2 nitrogen and oxygen atoms in total. The molecule has 1 aliphatic heterocycles. The lowest BCUT2D eigenvalue weighted by atomic mass is 9.81. The van der Waals surface area contributed by atoms with Crippen molar-refractivity contribution in [1.82, 2.24) is 9.55 Å². The van der Waals surface area contributed by atoms with Crippen LogP contribution in [0, 0.1) is 5.92 Å². The molecule has 20 heavy (non-hydrogen) atoms. The Kier molecular flexibility index (Phi) is 3.10. The zero-order chi connectivity index (χ0) is 13.5. The summed E-state index contributed by atoms with van der Waals surface area (Å²) in [7, 11) is 0. The van der Waals surface area contributed by atoms with E-state index in [1.54, 1.807) is 0 Å². The van der Waals surface area contributed by atoms with Crippen LogP contribution in [0.25, 0.3) is 11.3 Å². The van der Waals surface area contributed by atoms with E-state index in [1.165, 1.54) is 42.5 Å². The van der Waals surface area contributed by atoms with Gasteiger partial charge in [-0.25, -0.2) is 4.98 Å². The minimum Gasteiger partial charge on any atom is -0.323 e. The lowest BCUT2D eigenvalue weighted by molar-refractivity contribution is 0.290. The molecular weight excluding hydrogens is 264 g/mol. The van der Waals surface area contributed by atoms with Crippen LogP contribution in [0.2, 0.25) is 0 Å². The van der Waals surface area contributed by atoms with Crippen molar-refractivity contribution in [1.29, 1.82) is 0 Å². The highest BCUT2D eigenvalue weighted by atomic mass is 32.2. The number of benzene rings is 1. The summed E-state index contributed by atoms with van der Waals surface area (Å²) in [5.74, 6) is 0.773. The monoisotopic (exact) mass is 284 g/mol. The number of imidazole rings is 1. The molecule has 0 N–H and O–H groups in total. The lowest BCUT2D eigenvalue weighted by Crippen LogP contribution is -2.24. The maximum absolute atomic E-state index is 4.38. The number of fused-ring (bicyclic) bond motifs is 3. The van der Waals surface area contributed by atoms with Gasteiger partial charge in [0.15, 0.2) is 0 Å². The van der Waals surface area contributed by atoms with E-state index in [2.05, 4.69) is 40.1 Å². The maximum Gasteiger partial charge on any atom is 0.0956 e. The molecule has 1 aromatic carbocycles. The van der Waals surface area contributed by atoms with Gasteiger partial charge in [-0.15, -0.1) is 0 Å². The second kappa shape index (κ2) is 4.96. The molecule has 3 heteroatoms. The smallest absolute Gasteiger partial charge is 0.0956 e. The maximum atomic E-state index is 4.38. The molecule has 1 atom stereocenters. The fourth-order valence-electron chi connectivity index (χ4n) is 3.99. The fourth-order valence-corrected chi connectivity index (χ4v) is 4.74. The molecule has 2 aromatic rings. The van der Waals surface area contributed by atoms with Gasteiger partial charge in [-0.2, -0.15) is 11.8 Å². The van der Waals surface area contributed by atoms with Gasteiger partial charge in [0.1, 0.15) is 0 Å². The normalized spacial score (nSPS) is 28.1. The van der Waals surface area contributed by atoms with Crippen LogP contribution in [-0.2, 0) is 0 Å². The van der Waals surface area contributed by atoms with Crippen molar-refractivity contribution < 1.29 is 0 Å². The van der Waals surface area contributed by atoms with Crippen molar-refractivity contribution in [3.05, 3.63) is 42.4 Å². The summed E-state index contributed by atoms with van der Waals surface area (Å²) in [6, 6.07) is 9.40. The highest BCUT2D eigenvalue weighted by molar-refractivity contribution is 7.99. The van der Waals surface area contributed by atoms with Crippen LogP contribution in [0.5, 0.6) is 0 Å². The molecule has 1 fully saturated rings. The third-order valence-corrected chi connectivity index (χ3v) is 6.16. The summed E-state index contributed by atoms with van der Waals surface area (Å²) in [5, 5.41) is 0.880. The second-order valence-electron chi connectivity index (χ2n) is 5.99. The predicted octanol–water partition coefficient (Wildman–Crippen LogP) is 4.37. The van der Waals surface area contributed by atoms with Crippen molar-refractivity contribution in [3.8, 4) is 11.3 Å². The van der Waals surface area contributed by atoms with E-state index in [1.807, 2.05) is 24.3 Å². The van der Waals surface area contributed by atoms with E-state index in [4.69, 9.17) is 0 Å². The second-order valence-corrected chi connectivity index (χ2v) is 7.13. The lowest BCUT2D eigenvalue weighted by Gasteiger charge is -2.32. The van der Waals surface area contributed by atoms with Crippen molar-refractivity contribution in [2.45, 2.75) is 37.0 Å². The molecule has 0 amide bonds. The minimum absolute atomic E-state index is 0.520. The molecule has 0 bridgehead atoms. The van der Waals surface area contributed by atoms with Gasteiger partial charge in [-0.1, -0.05) is 24.3 Å². The van der Waals surface area contributed by atoms with Gasteiger partial charge in [-0.05, 0) is 43.4 Å². The number of nitrogens with zero attached hydrogens (tertiary/aromatic N) is 2. The predicted molar refractivity (Wildman–Crippen MR) is 85.1 cm³/mol. The Bertz CT molecular complexity index is 611. The third kappa shape index (κ3) is 1.83. The average molecular weight is 284 g/mol. The van der Waals surface area contributed by atoms with Crippen molar-refractivity contribution in [3.63, 3.8) is 0 Å². The molecule has 2 heterocycles. The van der Waals surface area contributed by atoms with Gasteiger partial charge in [-0.3, -0.25) is 0 Å². The van der Waals surface area contributed by atoms with Gasteiger partial charge in [0.2, 0.25) is 0 Å². The molecule has 1 aliphatic carbocycles. The zero-order valence-electron chi connectivity index (χ0n) is 11.8. The van der Waals surface area contributed by atoms with E-state index in [9.17, 15) is 0 Å². The van der Waals surface area contributed by atoms with Crippen LogP contribution < -0.4 is 0 Å². The van der Waals surface area contributed by atoms with E-state index in [0.29, 0.717) is 6.04 Å². The topological polar surface area (TPSA) is 17.8 Å². The summed E-state index contributed by atoms with van der Waals surface area (Å²) in [4.78, 5) is 4.38. The third-order valence-electron chi connectivity index (χ3n) is 5.02. The van der Waals surface area contributed by atoms with Crippen LogP contribution in [-0.4, -0.2) is 21.1 Å². The summed E-state index contributed by atoms with van der Waals surface area (Å²) in [6.45, 7) is 0. The molecule has 1 unspecified atom stereocenters. The Morgan fingerprint density at radius 3 is 2.75 bits per heavy atom. The number of hydrogen-bond acceptors (Lipinski definition) is 2. The van der Waals surface area contributed by atoms with Crippen molar-refractivity contribution >= 4 is 11.8 Å². The van der Waals surface area contributed by atoms with Crippen molar-refractivity contribution in [2.24, 2.45) is 5.92 Å². The summed E-state index contributed by atoms with van der Waals surface area (Å²) in [5.41, 5.74) is 4.21. The van der Waals surface area contributed by atoms with Crippen molar-refractivity contribution in [2.75, 3.05) is 6.26 Å². The standard InChI is InChI=1S/C17H20N2S/c1-20-13-8-6-12(7-9-13)17-15-5-3-2-4-14(15)16-10-18-11-19(16)17/h2-5,10-13,17H,6-9H2,1H3. The molecule has 1 saturated carbocycles. The Balaban J connectivity index is 1.69. The molecule has 1 aromatic heterocycles. The summed E-state index contributed by atoms with van der Waals surface area (Å²) < 4.78 is 2.41. The molecule has 104 valence electrons. The van der Waals surface area contributed by atoms with Gasteiger partial charge < -0.3 is 4.57 Å². The molecule has 0 spiro atoms. The first-order valence-electron chi connectivity index (χ1n) is 7.52. The van der Waals surface area contributed by atoms with E-state index in [0.717, 1.165) is 11.2 Å². The molecule has 0 radical (unpaired) electrons. The van der Waals surface area contributed by atoms with Crippen LogP contribution in [0.15, 0.2) is 36.8 Å². The minimum atomic E-state index is 0.520. The van der Waals surface area contributed by atoms with Crippen LogP contribution in [0.1, 0.15) is 37.3 Å². The molecular formula is C17H20N2S. The first kappa shape index (κ1) is 12.5. The van der Waals surface area contributed by atoms with Crippen LogP contribution in [0.3, 0.4) is 0 Å². The van der Waals surface area contributed by atoms with Gasteiger partial charge in [0.05, 0.1) is 24.3 Å². The highest BCUT2D eigenvalue weighted by Crippen LogP contribution is 2.47. The fraction of sp³-hybridized carbons (Fsp3) is 0.471. The number of thioether (sulfide) groups is 1. The number of hydrogen-bond donors (Lipinski definition) is 0.